The summed E-state index contributed by atoms with van der Waals surface area (Å²) >= 11 is 1.59. The van der Waals surface area contributed by atoms with Gasteiger partial charge in [-0.3, -0.25) is 14.4 Å². The molecule has 7 nitrogen and oxygen atoms in total. The number of hydrogen-bond acceptors (Lipinski definition) is 5. The van der Waals surface area contributed by atoms with Gasteiger partial charge in [0, 0.05) is 29.2 Å². The molecule has 1 atom stereocenters. The maximum absolute atomic E-state index is 12.5. The number of hydrogen-bond donors (Lipinski definition) is 2. The zero-order chi connectivity index (χ0) is 23.9. The van der Waals surface area contributed by atoms with Crippen molar-refractivity contribution in [1.82, 2.24) is 5.32 Å². The van der Waals surface area contributed by atoms with E-state index in [1.165, 1.54) is 0 Å². The van der Waals surface area contributed by atoms with Crippen LogP contribution >= 0.6 is 11.3 Å². The molecule has 2 N–H and O–H groups in total. The van der Waals surface area contributed by atoms with Gasteiger partial charge in [0.25, 0.3) is 5.91 Å². The fourth-order valence-electron chi connectivity index (χ4n) is 3.87. The fraction of sp³-hybridized carbons (Fsp3) is 0.269. The molecular weight excluding hydrogens is 450 g/mol. The van der Waals surface area contributed by atoms with Crippen LogP contribution in [-0.2, 0) is 27.3 Å². The molecule has 4 rings (SSSR count). The first-order valence-electron chi connectivity index (χ1n) is 11.2. The lowest BCUT2D eigenvalue weighted by atomic mass is 10.1. The summed E-state index contributed by atoms with van der Waals surface area (Å²) < 4.78 is 5.61. The van der Waals surface area contributed by atoms with E-state index in [2.05, 4.69) is 10.6 Å². The van der Waals surface area contributed by atoms with E-state index < -0.39 is 0 Å². The molecule has 3 aromatic rings. The zero-order valence-electron chi connectivity index (χ0n) is 19.0. The normalized spacial score (nSPS) is 15.3. The van der Waals surface area contributed by atoms with Crippen LogP contribution in [0.5, 0.6) is 5.75 Å². The molecule has 3 amide bonds. The molecule has 0 saturated carbocycles. The Morgan fingerprint density at radius 3 is 2.62 bits per heavy atom. The van der Waals surface area contributed by atoms with E-state index in [0.29, 0.717) is 24.5 Å². The van der Waals surface area contributed by atoms with Crippen molar-refractivity contribution in [3.8, 4) is 5.75 Å². The molecule has 176 valence electrons. The number of aryl methyl sites for hydroxylation is 1. The van der Waals surface area contributed by atoms with E-state index in [9.17, 15) is 14.4 Å². The van der Waals surface area contributed by atoms with Gasteiger partial charge in [-0.25, -0.2) is 0 Å². The number of carbonyl (C=O) groups is 3. The monoisotopic (exact) mass is 477 g/mol. The van der Waals surface area contributed by atoms with E-state index in [1.54, 1.807) is 40.5 Å². The second kappa shape index (κ2) is 11.0. The van der Waals surface area contributed by atoms with Crippen molar-refractivity contribution in [3.05, 3.63) is 76.5 Å². The molecule has 0 aliphatic carbocycles. The first kappa shape index (κ1) is 23.5. The van der Waals surface area contributed by atoms with Crippen molar-refractivity contribution < 1.29 is 19.1 Å². The number of nitrogens with zero attached hydrogens (tertiary/aromatic N) is 1. The van der Waals surface area contributed by atoms with Crippen LogP contribution in [0.25, 0.3) is 0 Å². The van der Waals surface area contributed by atoms with Gasteiger partial charge in [0.2, 0.25) is 11.8 Å². The van der Waals surface area contributed by atoms with Gasteiger partial charge in [-0.05, 0) is 53.8 Å². The zero-order valence-corrected chi connectivity index (χ0v) is 19.8. The molecule has 0 bridgehead atoms. The lowest BCUT2D eigenvalue weighted by Gasteiger charge is -2.17. The molecule has 0 unspecified atom stereocenters. The highest BCUT2D eigenvalue weighted by Gasteiger charge is 2.35. The Morgan fingerprint density at radius 2 is 1.88 bits per heavy atom. The van der Waals surface area contributed by atoms with Crippen molar-refractivity contribution in [2.45, 2.75) is 26.3 Å². The summed E-state index contributed by atoms with van der Waals surface area (Å²) in [5, 5.41) is 7.76. The minimum Gasteiger partial charge on any atom is -0.484 e. The Bertz CT molecular complexity index is 1150. The number of amides is 3. The van der Waals surface area contributed by atoms with Gasteiger partial charge in [-0.15, -0.1) is 11.3 Å². The van der Waals surface area contributed by atoms with E-state index in [-0.39, 0.29) is 36.7 Å². The molecule has 2 aromatic carbocycles. The van der Waals surface area contributed by atoms with Crippen LogP contribution in [0.1, 0.15) is 23.8 Å². The van der Waals surface area contributed by atoms with Crippen LogP contribution in [0, 0.1) is 5.92 Å². The highest BCUT2D eigenvalue weighted by Crippen LogP contribution is 2.27. The SMILES string of the molecule is CCc1ccccc1NC(=O)COc1ccc(N2C[C@@H](C(=O)NCc3cccs3)CC2=O)cc1. The smallest absolute Gasteiger partial charge is 0.262 e. The highest BCUT2D eigenvalue weighted by atomic mass is 32.1. The lowest BCUT2D eigenvalue weighted by Crippen LogP contribution is -2.32. The van der Waals surface area contributed by atoms with Crippen molar-refractivity contribution >= 4 is 40.4 Å². The van der Waals surface area contributed by atoms with Gasteiger partial charge >= 0.3 is 0 Å². The number of para-hydroxylation sites is 1. The minimum atomic E-state index is -0.377. The summed E-state index contributed by atoms with van der Waals surface area (Å²) in [6, 6.07) is 18.6. The molecule has 0 spiro atoms. The van der Waals surface area contributed by atoms with Gasteiger partial charge in [-0.1, -0.05) is 31.2 Å². The molecule has 1 saturated heterocycles. The Hall–Kier alpha value is -3.65. The Balaban J connectivity index is 1.27. The molecule has 1 aliphatic rings. The van der Waals surface area contributed by atoms with Crippen LogP contribution in [0.2, 0.25) is 0 Å². The standard InChI is InChI=1S/C26H27N3O4S/c1-2-18-6-3-4-8-23(18)28-24(30)17-33-21-11-9-20(10-12-21)29-16-19(14-25(29)31)26(32)27-15-22-7-5-13-34-22/h3-13,19H,2,14-17H2,1H3,(H,27,32)(H,28,30)/t19-/m0/s1. The van der Waals surface area contributed by atoms with Gasteiger partial charge in [-0.2, -0.15) is 0 Å². The third kappa shape index (κ3) is 5.82. The predicted octanol–water partition coefficient (Wildman–Crippen LogP) is 4.00. The number of ether oxygens (including phenoxy) is 1. The topological polar surface area (TPSA) is 87.7 Å². The lowest BCUT2D eigenvalue weighted by molar-refractivity contribution is -0.126. The Kier molecular flexibility index (Phi) is 7.59. The van der Waals surface area contributed by atoms with Crippen molar-refractivity contribution in [3.63, 3.8) is 0 Å². The van der Waals surface area contributed by atoms with Crippen LogP contribution in [0.3, 0.4) is 0 Å². The highest BCUT2D eigenvalue weighted by molar-refractivity contribution is 7.09. The average Bonchev–Trinajstić information content (AvgIpc) is 3.52. The molecule has 1 aromatic heterocycles. The van der Waals surface area contributed by atoms with Crippen LogP contribution in [-0.4, -0.2) is 30.9 Å². The van der Waals surface area contributed by atoms with Crippen molar-refractivity contribution in [2.24, 2.45) is 5.92 Å². The van der Waals surface area contributed by atoms with E-state index in [1.807, 2.05) is 48.7 Å². The van der Waals surface area contributed by atoms with E-state index >= 15 is 0 Å². The predicted molar refractivity (Wildman–Crippen MR) is 133 cm³/mol. The first-order valence-corrected chi connectivity index (χ1v) is 12.1. The molecular formula is C26H27N3O4S. The summed E-state index contributed by atoms with van der Waals surface area (Å²) in [4.78, 5) is 40.0. The average molecular weight is 478 g/mol. The largest absolute Gasteiger partial charge is 0.484 e. The van der Waals surface area contributed by atoms with Crippen LogP contribution in [0.15, 0.2) is 66.0 Å². The van der Waals surface area contributed by atoms with Crippen molar-refractivity contribution in [1.29, 1.82) is 0 Å². The Morgan fingerprint density at radius 1 is 1.09 bits per heavy atom. The second-order valence-corrected chi connectivity index (χ2v) is 9.08. The number of benzene rings is 2. The van der Waals surface area contributed by atoms with Crippen LogP contribution in [0.4, 0.5) is 11.4 Å². The van der Waals surface area contributed by atoms with Gasteiger partial charge < -0.3 is 20.3 Å². The number of anilines is 2. The van der Waals surface area contributed by atoms with E-state index in [4.69, 9.17) is 4.74 Å². The molecule has 0 radical (unpaired) electrons. The minimum absolute atomic E-state index is 0.0843. The molecule has 8 heteroatoms. The second-order valence-electron chi connectivity index (χ2n) is 8.04. The summed E-state index contributed by atoms with van der Waals surface area (Å²) in [6.45, 7) is 2.74. The summed E-state index contributed by atoms with van der Waals surface area (Å²) in [6.07, 6.45) is 1.01. The van der Waals surface area contributed by atoms with Crippen LogP contribution < -0.4 is 20.3 Å². The molecule has 34 heavy (non-hydrogen) atoms. The maximum Gasteiger partial charge on any atom is 0.262 e. The molecule has 1 fully saturated rings. The maximum atomic E-state index is 12.5. The number of carbonyl (C=O) groups excluding carboxylic acids is 3. The van der Waals surface area contributed by atoms with Gasteiger partial charge in [0.15, 0.2) is 6.61 Å². The third-order valence-corrected chi connectivity index (χ3v) is 6.58. The summed E-state index contributed by atoms with van der Waals surface area (Å²) in [5.74, 6) is -0.285. The Labute approximate surface area is 202 Å². The summed E-state index contributed by atoms with van der Waals surface area (Å²) in [7, 11) is 0. The van der Waals surface area contributed by atoms with Gasteiger partial charge in [0.1, 0.15) is 5.75 Å². The molecule has 2 heterocycles. The first-order chi connectivity index (χ1) is 16.5. The number of nitrogens with one attached hydrogen (secondary N) is 2. The number of thiophene rings is 1. The quantitative estimate of drug-likeness (QED) is 0.488. The van der Waals surface area contributed by atoms with E-state index in [0.717, 1.165) is 22.5 Å². The summed E-state index contributed by atoms with van der Waals surface area (Å²) in [5.41, 5.74) is 2.55. The number of rotatable bonds is 9. The molecule has 1 aliphatic heterocycles. The van der Waals surface area contributed by atoms with Gasteiger partial charge in [0.05, 0.1) is 12.5 Å². The fourth-order valence-corrected chi connectivity index (χ4v) is 4.52. The van der Waals surface area contributed by atoms with Crippen molar-refractivity contribution in [2.75, 3.05) is 23.4 Å². The third-order valence-electron chi connectivity index (χ3n) is 5.70.